The number of nitro groups is 1. The fourth-order valence-corrected chi connectivity index (χ4v) is 2.57. The van der Waals surface area contributed by atoms with Gasteiger partial charge in [0.2, 0.25) is 0 Å². The van der Waals surface area contributed by atoms with Gasteiger partial charge in [-0.25, -0.2) is 0 Å². The fraction of sp³-hybridized carbons (Fsp3) is 0.429. The van der Waals surface area contributed by atoms with Gasteiger partial charge in [-0.3, -0.25) is 19.7 Å². The Morgan fingerprint density at radius 2 is 2.09 bits per heavy atom. The molecule has 1 N–H and O–H groups in total. The van der Waals surface area contributed by atoms with E-state index in [0.717, 1.165) is 0 Å². The molecule has 0 fully saturated rings. The van der Waals surface area contributed by atoms with E-state index in [1.165, 1.54) is 35.9 Å². The minimum atomic E-state index is -1.04. The van der Waals surface area contributed by atoms with E-state index in [-0.39, 0.29) is 30.8 Å². The Morgan fingerprint density at radius 3 is 2.52 bits per heavy atom. The molecule has 8 nitrogen and oxygen atoms in total. The van der Waals surface area contributed by atoms with Crippen molar-refractivity contribution in [2.75, 3.05) is 26.5 Å². The van der Waals surface area contributed by atoms with Crippen LogP contribution in [0.2, 0.25) is 0 Å². The number of ether oxygens (including phenoxy) is 1. The lowest BCUT2D eigenvalue weighted by molar-refractivity contribution is -0.385. The Labute approximate surface area is 137 Å². The highest BCUT2D eigenvalue weighted by molar-refractivity contribution is 7.98. The Morgan fingerprint density at radius 1 is 1.43 bits per heavy atom. The van der Waals surface area contributed by atoms with E-state index in [2.05, 4.69) is 0 Å². The molecule has 0 saturated heterocycles. The summed E-state index contributed by atoms with van der Waals surface area (Å²) in [6.45, 7) is 1.93. The number of carboxylic acid groups (broad SMARTS) is 1. The van der Waals surface area contributed by atoms with Gasteiger partial charge in [-0.05, 0) is 19.2 Å². The first-order valence-electron chi connectivity index (χ1n) is 6.77. The number of aliphatic carboxylic acids is 1. The molecule has 0 aliphatic rings. The minimum Gasteiger partial charge on any atom is -0.495 e. The molecule has 0 aliphatic heterocycles. The molecule has 0 saturated carbocycles. The largest absolute Gasteiger partial charge is 0.495 e. The molecule has 1 amide bonds. The van der Waals surface area contributed by atoms with Crippen LogP contribution in [0, 0.1) is 10.1 Å². The monoisotopic (exact) mass is 342 g/mol. The van der Waals surface area contributed by atoms with E-state index in [1.807, 2.05) is 0 Å². The number of benzene rings is 1. The molecule has 0 spiro atoms. The molecule has 23 heavy (non-hydrogen) atoms. The third-order valence-corrected chi connectivity index (χ3v) is 3.95. The molecule has 0 bridgehead atoms. The lowest BCUT2D eigenvalue weighted by atomic mass is 10.1. The van der Waals surface area contributed by atoms with Crippen molar-refractivity contribution in [2.45, 2.75) is 18.2 Å². The Kier molecular flexibility index (Phi) is 6.83. The van der Waals surface area contributed by atoms with Crippen molar-refractivity contribution in [1.29, 1.82) is 0 Å². The van der Waals surface area contributed by atoms with Crippen molar-refractivity contribution in [1.82, 2.24) is 4.90 Å². The van der Waals surface area contributed by atoms with Crippen LogP contribution < -0.4 is 4.74 Å². The molecule has 1 aromatic carbocycles. The molecular formula is C14H18N2O6S. The molecule has 0 unspecified atom stereocenters. The fourth-order valence-electron chi connectivity index (χ4n) is 1.99. The van der Waals surface area contributed by atoms with Crippen molar-refractivity contribution in [3.63, 3.8) is 0 Å². The third-order valence-electron chi connectivity index (χ3n) is 3.19. The Hall–Kier alpha value is -2.29. The number of carboxylic acids is 1. The first kappa shape index (κ1) is 18.8. The zero-order valence-corrected chi connectivity index (χ0v) is 13.9. The van der Waals surface area contributed by atoms with Crippen molar-refractivity contribution in [3.05, 3.63) is 27.8 Å². The summed E-state index contributed by atoms with van der Waals surface area (Å²) in [7, 11) is 1.39. The lowest BCUT2D eigenvalue weighted by Crippen LogP contribution is -2.33. The SMILES string of the molecule is CCN(CCC(=O)O)C(=O)c1cc(SC)c(OC)cc1[N+](=O)[O-]. The Balaban J connectivity index is 3.29. The summed E-state index contributed by atoms with van der Waals surface area (Å²) in [6, 6.07) is 2.62. The van der Waals surface area contributed by atoms with Crippen LogP contribution in [-0.2, 0) is 4.79 Å². The average Bonchev–Trinajstić information content (AvgIpc) is 2.53. The van der Waals surface area contributed by atoms with E-state index >= 15 is 0 Å². The van der Waals surface area contributed by atoms with Crippen molar-refractivity contribution < 1.29 is 24.4 Å². The summed E-state index contributed by atoms with van der Waals surface area (Å²) in [4.78, 5) is 35.7. The molecule has 0 radical (unpaired) electrons. The number of thioether (sulfide) groups is 1. The normalized spacial score (nSPS) is 10.2. The number of carbonyl (C=O) groups is 2. The number of methoxy groups -OCH3 is 1. The van der Waals surface area contributed by atoms with E-state index < -0.39 is 16.8 Å². The van der Waals surface area contributed by atoms with E-state index in [9.17, 15) is 19.7 Å². The number of hydrogen-bond acceptors (Lipinski definition) is 6. The highest BCUT2D eigenvalue weighted by Gasteiger charge is 2.27. The highest BCUT2D eigenvalue weighted by Crippen LogP contribution is 2.35. The summed E-state index contributed by atoms with van der Waals surface area (Å²) in [6.07, 6.45) is 1.54. The van der Waals surface area contributed by atoms with Crippen molar-refractivity contribution >= 4 is 29.3 Å². The van der Waals surface area contributed by atoms with Crippen LogP contribution in [0.3, 0.4) is 0 Å². The number of carbonyl (C=O) groups excluding carboxylic acids is 1. The molecule has 1 aromatic rings. The molecule has 126 valence electrons. The van der Waals surface area contributed by atoms with Gasteiger partial charge in [0.15, 0.2) is 0 Å². The first-order valence-corrected chi connectivity index (χ1v) is 7.99. The van der Waals surface area contributed by atoms with Gasteiger partial charge >= 0.3 is 5.97 Å². The van der Waals surface area contributed by atoms with E-state index in [1.54, 1.807) is 13.2 Å². The molecule has 0 atom stereocenters. The average molecular weight is 342 g/mol. The maximum absolute atomic E-state index is 12.6. The number of nitro benzene ring substituents is 1. The van der Waals surface area contributed by atoms with Crippen LogP contribution in [0.5, 0.6) is 5.75 Å². The number of hydrogen-bond donors (Lipinski definition) is 1. The zero-order valence-electron chi connectivity index (χ0n) is 13.1. The van der Waals surface area contributed by atoms with Gasteiger partial charge in [-0.2, -0.15) is 0 Å². The van der Waals surface area contributed by atoms with E-state index in [0.29, 0.717) is 10.6 Å². The minimum absolute atomic E-state index is 0.0115. The number of amides is 1. The maximum atomic E-state index is 12.6. The summed E-state index contributed by atoms with van der Waals surface area (Å²) in [5.41, 5.74) is -0.439. The van der Waals surface area contributed by atoms with Crippen LogP contribution in [0.25, 0.3) is 0 Å². The summed E-state index contributed by atoms with van der Waals surface area (Å²) in [5, 5.41) is 20.0. The lowest BCUT2D eigenvalue weighted by Gasteiger charge is -2.20. The molecule has 1 rings (SSSR count). The van der Waals surface area contributed by atoms with Gasteiger partial charge in [0.05, 0.1) is 29.4 Å². The molecule has 0 aromatic heterocycles. The molecule has 0 aliphatic carbocycles. The summed E-state index contributed by atoms with van der Waals surface area (Å²) in [5.74, 6) is -1.29. The van der Waals surface area contributed by atoms with E-state index in [4.69, 9.17) is 9.84 Å². The van der Waals surface area contributed by atoms with Crippen LogP contribution in [0.4, 0.5) is 5.69 Å². The summed E-state index contributed by atoms with van der Waals surface area (Å²) >= 11 is 1.30. The van der Waals surface area contributed by atoms with Gasteiger partial charge in [0, 0.05) is 13.1 Å². The topological polar surface area (TPSA) is 110 Å². The van der Waals surface area contributed by atoms with Gasteiger partial charge in [0.1, 0.15) is 11.3 Å². The Bertz CT molecular complexity index is 620. The quantitative estimate of drug-likeness (QED) is 0.438. The van der Waals surface area contributed by atoms with Gasteiger partial charge in [-0.1, -0.05) is 0 Å². The predicted octanol–water partition coefficient (Wildman–Crippen LogP) is 2.26. The predicted molar refractivity (Wildman–Crippen MR) is 85.3 cm³/mol. The third kappa shape index (κ3) is 4.59. The van der Waals surface area contributed by atoms with Crippen molar-refractivity contribution in [2.24, 2.45) is 0 Å². The van der Waals surface area contributed by atoms with Crippen LogP contribution in [0.15, 0.2) is 17.0 Å². The molecule has 0 heterocycles. The van der Waals surface area contributed by atoms with Gasteiger partial charge in [-0.15, -0.1) is 11.8 Å². The van der Waals surface area contributed by atoms with Crippen LogP contribution >= 0.6 is 11.8 Å². The van der Waals surface area contributed by atoms with Crippen molar-refractivity contribution in [3.8, 4) is 5.75 Å². The van der Waals surface area contributed by atoms with Gasteiger partial charge < -0.3 is 14.7 Å². The first-order chi connectivity index (χ1) is 10.8. The zero-order chi connectivity index (χ0) is 17.6. The number of nitrogens with zero attached hydrogens (tertiary/aromatic N) is 2. The van der Waals surface area contributed by atoms with Crippen LogP contribution in [0.1, 0.15) is 23.7 Å². The number of rotatable bonds is 8. The van der Waals surface area contributed by atoms with Gasteiger partial charge in [0.25, 0.3) is 11.6 Å². The standard InChI is InChI=1S/C14H18N2O6S/c1-4-15(6-5-13(17)18)14(19)9-7-12(23-3)11(22-2)8-10(9)16(20)21/h7-8H,4-6H2,1-3H3,(H,17,18). The maximum Gasteiger partial charge on any atom is 0.305 e. The summed E-state index contributed by atoms with van der Waals surface area (Å²) < 4.78 is 5.10. The second kappa shape index (κ2) is 8.37. The second-order valence-corrected chi connectivity index (χ2v) is 5.36. The smallest absolute Gasteiger partial charge is 0.305 e. The molecule has 9 heteroatoms. The highest BCUT2D eigenvalue weighted by atomic mass is 32.2. The van der Waals surface area contributed by atoms with Crippen LogP contribution in [-0.4, -0.2) is 53.3 Å². The second-order valence-electron chi connectivity index (χ2n) is 4.51. The molecular weight excluding hydrogens is 324 g/mol.